The van der Waals surface area contributed by atoms with E-state index in [1.54, 1.807) is 16.7 Å². The molecule has 0 saturated carbocycles. The highest BCUT2D eigenvalue weighted by Gasteiger charge is 2.29. The number of likely N-dealkylation sites (N-methyl/N-ethyl adjacent to an activating group) is 1. The van der Waals surface area contributed by atoms with E-state index in [2.05, 4.69) is 17.4 Å². The number of thioether (sulfide) groups is 1. The zero-order valence-electron chi connectivity index (χ0n) is 19.5. The van der Waals surface area contributed by atoms with Crippen molar-refractivity contribution in [3.63, 3.8) is 0 Å². The van der Waals surface area contributed by atoms with Crippen molar-refractivity contribution < 1.29 is 9.59 Å². The van der Waals surface area contributed by atoms with Gasteiger partial charge in [-0.05, 0) is 35.7 Å². The van der Waals surface area contributed by atoms with Crippen molar-refractivity contribution in [3.8, 4) is 0 Å². The van der Waals surface area contributed by atoms with Crippen LogP contribution in [0.25, 0.3) is 0 Å². The third-order valence-corrected chi connectivity index (χ3v) is 6.74. The molecular weight excluding hydrogens is 464 g/mol. The molecule has 0 aliphatic heterocycles. The van der Waals surface area contributed by atoms with Gasteiger partial charge in [-0.2, -0.15) is 11.8 Å². The van der Waals surface area contributed by atoms with Crippen molar-refractivity contribution in [1.29, 1.82) is 0 Å². The summed E-state index contributed by atoms with van der Waals surface area (Å²) in [5.74, 6) is 1.39. The van der Waals surface area contributed by atoms with Gasteiger partial charge in [0.2, 0.25) is 11.8 Å². The number of carbonyl (C=O) groups excluding carboxylic acids is 2. The number of hydrogen-bond acceptors (Lipinski definition) is 3. The first-order valence-electron chi connectivity index (χ1n) is 11.5. The molecule has 2 amide bonds. The lowest BCUT2D eigenvalue weighted by Crippen LogP contribution is -2.50. The van der Waals surface area contributed by atoms with Crippen LogP contribution in [0.1, 0.15) is 30.0 Å². The minimum Gasteiger partial charge on any atom is -0.355 e. The van der Waals surface area contributed by atoms with E-state index in [9.17, 15) is 9.59 Å². The normalized spacial score (nSPS) is 11.6. The summed E-state index contributed by atoms with van der Waals surface area (Å²) in [6.45, 7) is 2.76. The Labute approximate surface area is 211 Å². The molecule has 4 nitrogen and oxygen atoms in total. The highest BCUT2D eigenvalue weighted by molar-refractivity contribution is 7.98. The van der Waals surface area contributed by atoms with Gasteiger partial charge in [-0.15, -0.1) is 0 Å². The summed E-state index contributed by atoms with van der Waals surface area (Å²) in [5, 5.41) is 3.57. The average Bonchev–Trinajstić information content (AvgIpc) is 2.86. The molecule has 3 aromatic carbocycles. The Morgan fingerprint density at radius 2 is 1.50 bits per heavy atom. The summed E-state index contributed by atoms with van der Waals surface area (Å²) < 4.78 is 0. The van der Waals surface area contributed by atoms with Crippen molar-refractivity contribution in [2.24, 2.45) is 0 Å². The van der Waals surface area contributed by atoms with Crippen molar-refractivity contribution in [2.45, 2.75) is 38.1 Å². The second-order valence-corrected chi connectivity index (χ2v) is 9.58. The number of halogens is 1. The fourth-order valence-electron chi connectivity index (χ4n) is 3.70. The van der Waals surface area contributed by atoms with Crippen molar-refractivity contribution in [3.05, 3.63) is 107 Å². The SMILES string of the molecule is CCNC(=O)[C@@H](Cc1ccccc1)N(Cc1ccc(Cl)cc1)C(=O)CCSCc1ccccc1. The van der Waals surface area contributed by atoms with Crippen LogP contribution in [0.5, 0.6) is 0 Å². The predicted octanol–water partition coefficient (Wildman–Crippen LogP) is 5.74. The van der Waals surface area contributed by atoms with Gasteiger partial charge >= 0.3 is 0 Å². The Morgan fingerprint density at radius 3 is 2.12 bits per heavy atom. The quantitative estimate of drug-likeness (QED) is 0.327. The van der Waals surface area contributed by atoms with E-state index in [0.717, 1.165) is 16.9 Å². The Hall–Kier alpha value is -2.76. The maximum absolute atomic E-state index is 13.5. The molecule has 0 spiro atoms. The molecular formula is C28H31ClN2O2S. The Bertz CT molecular complexity index is 1030. The van der Waals surface area contributed by atoms with Crippen LogP contribution in [0.2, 0.25) is 5.02 Å². The Kier molecular flexibility index (Phi) is 10.5. The number of nitrogens with zero attached hydrogens (tertiary/aromatic N) is 1. The van der Waals surface area contributed by atoms with Crippen LogP contribution in [-0.4, -0.2) is 35.1 Å². The van der Waals surface area contributed by atoms with E-state index >= 15 is 0 Å². The first kappa shape index (κ1) is 25.9. The molecule has 0 bridgehead atoms. The molecule has 3 rings (SSSR count). The van der Waals surface area contributed by atoms with Crippen molar-refractivity contribution >= 4 is 35.2 Å². The molecule has 178 valence electrons. The summed E-state index contributed by atoms with van der Waals surface area (Å²) in [4.78, 5) is 28.3. The van der Waals surface area contributed by atoms with Gasteiger partial charge in [-0.1, -0.05) is 84.4 Å². The van der Waals surface area contributed by atoms with Gasteiger partial charge in [0.15, 0.2) is 0 Å². The van der Waals surface area contributed by atoms with E-state index in [1.165, 1.54) is 5.56 Å². The molecule has 1 N–H and O–H groups in total. The average molecular weight is 495 g/mol. The summed E-state index contributed by atoms with van der Waals surface area (Å²) >= 11 is 7.79. The standard InChI is InChI=1S/C28H31ClN2O2S/c1-2-30-28(33)26(19-22-9-5-3-6-10-22)31(20-23-13-15-25(29)16-14-23)27(32)17-18-34-21-24-11-7-4-8-12-24/h3-16,26H,2,17-21H2,1H3,(H,30,33)/t26-/m1/s1. The van der Waals surface area contributed by atoms with Gasteiger partial charge < -0.3 is 10.2 Å². The molecule has 3 aromatic rings. The Balaban J connectivity index is 1.76. The van der Waals surface area contributed by atoms with Crippen LogP contribution in [0.3, 0.4) is 0 Å². The highest BCUT2D eigenvalue weighted by Crippen LogP contribution is 2.19. The maximum Gasteiger partial charge on any atom is 0.243 e. The molecule has 0 saturated heterocycles. The van der Waals surface area contributed by atoms with Crippen LogP contribution < -0.4 is 5.32 Å². The zero-order chi connectivity index (χ0) is 24.2. The summed E-state index contributed by atoms with van der Waals surface area (Å²) in [6.07, 6.45) is 0.832. The second kappa shape index (κ2) is 13.8. The van der Waals surface area contributed by atoms with Gasteiger partial charge in [0.1, 0.15) is 6.04 Å². The summed E-state index contributed by atoms with van der Waals surface area (Å²) in [5.41, 5.74) is 3.20. The van der Waals surface area contributed by atoms with Crippen molar-refractivity contribution in [2.75, 3.05) is 12.3 Å². The van der Waals surface area contributed by atoms with Crippen molar-refractivity contribution in [1.82, 2.24) is 10.2 Å². The molecule has 0 aromatic heterocycles. The van der Waals surface area contributed by atoms with Crippen LogP contribution in [0, 0.1) is 0 Å². The minimum atomic E-state index is -0.593. The smallest absolute Gasteiger partial charge is 0.243 e. The predicted molar refractivity (Wildman–Crippen MR) is 142 cm³/mol. The summed E-state index contributed by atoms with van der Waals surface area (Å²) in [7, 11) is 0. The van der Waals surface area contributed by atoms with Crippen LogP contribution in [0.15, 0.2) is 84.9 Å². The number of hydrogen-bond donors (Lipinski definition) is 1. The lowest BCUT2D eigenvalue weighted by Gasteiger charge is -2.31. The van der Waals surface area contributed by atoms with Crippen LogP contribution in [-0.2, 0) is 28.3 Å². The molecule has 0 aliphatic rings. The lowest BCUT2D eigenvalue weighted by atomic mass is 10.0. The molecule has 0 unspecified atom stereocenters. The highest BCUT2D eigenvalue weighted by atomic mass is 35.5. The number of benzene rings is 3. The molecule has 0 radical (unpaired) electrons. The van der Waals surface area contributed by atoms with Gasteiger partial charge in [0, 0.05) is 42.5 Å². The first-order chi connectivity index (χ1) is 16.6. The first-order valence-corrected chi connectivity index (χ1v) is 13.1. The van der Waals surface area contributed by atoms with E-state index < -0.39 is 6.04 Å². The molecule has 0 aliphatic carbocycles. The number of carbonyl (C=O) groups is 2. The summed E-state index contributed by atoms with van der Waals surface area (Å²) in [6, 6.07) is 26.9. The molecule has 0 fully saturated rings. The molecule has 6 heteroatoms. The molecule has 1 atom stereocenters. The third kappa shape index (κ3) is 8.23. The lowest BCUT2D eigenvalue weighted by molar-refractivity contribution is -0.140. The maximum atomic E-state index is 13.5. The number of nitrogens with one attached hydrogen (secondary N) is 1. The fraction of sp³-hybridized carbons (Fsp3) is 0.286. The number of amides is 2. The van der Waals surface area contributed by atoms with E-state index in [-0.39, 0.29) is 11.8 Å². The van der Waals surface area contributed by atoms with E-state index in [1.807, 2.05) is 79.7 Å². The molecule has 34 heavy (non-hydrogen) atoms. The van der Waals surface area contributed by atoms with E-state index in [0.29, 0.717) is 36.7 Å². The van der Waals surface area contributed by atoms with Crippen LogP contribution in [0.4, 0.5) is 0 Å². The molecule has 0 heterocycles. The van der Waals surface area contributed by atoms with Gasteiger partial charge in [-0.25, -0.2) is 0 Å². The topological polar surface area (TPSA) is 49.4 Å². The zero-order valence-corrected chi connectivity index (χ0v) is 21.0. The Morgan fingerprint density at radius 1 is 0.882 bits per heavy atom. The fourth-order valence-corrected chi connectivity index (χ4v) is 4.72. The van der Waals surface area contributed by atoms with E-state index in [4.69, 9.17) is 11.6 Å². The largest absolute Gasteiger partial charge is 0.355 e. The monoisotopic (exact) mass is 494 g/mol. The second-order valence-electron chi connectivity index (χ2n) is 8.04. The van der Waals surface area contributed by atoms with Gasteiger partial charge in [0.25, 0.3) is 0 Å². The minimum absolute atomic E-state index is 0.0253. The van der Waals surface area contributed by atoms with Gasteiger partial charge in [-0.3, -0.25) is 9.59 Å². The van der Waals surface area contributed by atoms with Gasteiger partial charge in [0.05, 0.1) is 0 Å². The number of rotatable bonds is 12. The van der Waals surface area contributed by atoms with Crippen LogP contribution >= 0.6 is 23.4 Å². The third-order valence-electron chi connectivity index (χ3n) is 5.46.